The maximum absolute atomic E-state index is 5.81. The molecule has 0 aromatic heterocycles. The van der Waals surface area contributed by atoms with Gasteiger partial charge in [0.2, 0.25) is 0 Å². The highest BCUT2D eigenvalue weighted by Crippen LogP contribution is 2.41. The van der Waals surface area contributed by atoms with Crippen molar-refractivity contribution < 1.29 is 4.74 Å². The normalized spacial score (nSPS) is 20.1. The SMILES string of the molecule is CCNC(COC(C)C)C1CSc2ccccc21. The van der Waals surface area contributed by atoms with E-state index in [1.54, 1.807) is 0 Å². The van der Waals surface area contributed by atoms with Gasteiger partial charge in [0.15, 0.2) is 0 Å². The average Bonchev–Trinajstić information content (AvgIpc) is 2.78. The van der Waals surface area contributed by atoms with Crippen molar-refractivity contribution in [2.45, 2.75) is 43.7 Å². The van der Waals surface area contributed by atoms with E-state index in [0.717, 1.165) is 13.2 Å². The second-order valence-corrected chi connectivity index (χ2v) is 6.06. The lowest BCUT2D eigenvalue weighted by molar-refractivity contribution is 0.0574. The molecule has 1 aliphatic heterocycles. The Kier molecular flexibility index (Phi) is 5.10. The zero-order chi connectivity index (χ0) is 13.0. The second-order valence-electron chi connectivity index (χ2n) is 5.00. The van der Waals surface area contributed by atoms with Crippen molar-refractivity contribution in [3.8, 4) is 0 Å². The van der Waals surface area contributed by atoms with Gasteiger partial charge in [-0.3, -0.25) is 0 Å². The van der Waals surface area contributed by atoms with Gasteiger partial charge in [0.25, 0.3) is 0 Å². The Morgan fingerprint density at radius 2 is 2.17 bits per heavy atom. The monoisotopic (exact) mass is 265 g/mol. The molecule has 0 saturated heterocycles. The molecule has 2 atom stereocenters. The zero-order valence-corrected chi connectivity index (χ0v) is 12.3. The number of hydrogen-bond donors (Lipinski definition) is 1. The molecule has 0 radical (unpaired) electrons. The van der Waals surface area contributed by atoms with E-state index in [1.165, 1.54) is 16.2 Å². The fourth-order valence-corrected chi connectivity index (χ4v) is 3.73. The molecule has 2 unspecified atom stereocenters. The predicted octanol–water partition coefficient (Wildman–Crippen LogP) is 3.28. The number of nitrogens with one attached hydrogen (secondary N) is 1. The van der Waals surface area contributed by atoms with Crippen LogP contribution in [0.5, 0.6) is 0 Å². The van der Waals surface area contributed by atoms with Gasteiger partial charge in [-0.1, -0.05) is 25.1 Å². The van der Waals surface area contributed by atoms with Gasteiger partial charge in [0.1, 0.15) is 0 Å². The third-order valence-corrected chi connectivity index (χ3v) is 4.51. The van der Waals surface area contributed by atoms with Crippen LogP contribution in [0.25, 0.3) is 0 Å². The number of hydrogen-bond acceptors (Lipinski definition) is 3. The Morgan fingerprint density at radius 1 is 1.39 bits per heavy atom. The van der Waals surface area contributed by atoms with Crippen molar-refractivity contribution in [2.24, 2.45) is 0 Å². The van der Waals surface area contributed by atoms with E-state index in [1.807, 2.05) is 11.8 Å². The third-order valence-electron chi connectivity index (χ3n) is 3.30. The van der Waals surface area contributed by atoms with Crippen molar-refractivity contribution in [3.63, 3.8) is 0 Å². The van der Waals surface area contributed by atoms with Crippen LogP contribution in [0.3, 0.4) is 0 Å². The van der Waals surface area contributed by atoms with E-state index >= 15 is 0 Å². The summed E-state index contributed by atoms with van der Waals surface area (Å²) in [5, 5.41) is 3.58. The lowest BCUT2D eigenvalue weighted by atomic mass is 9.93. The van der Waals surface area contributed by atoms with Gasteiger partial charge in [0.05, 0.1) is 12.7 Å². The molecule has 100 valence electrons. The summed E-state index contributed by atoms with van der Waals surface area (Å²) in [6, 6.07) is 9.19. The zero-order valence-electron chi connectivity index (χ0n) is 11.5. The molecule has 0 spiro atoms. The molecule has 0 aliphatic carbocycles. The molecule has 0 saturated carbocycles. The van der Waals surface area contributed by atoms with Gasteiger partial charge in [-0.25, -0.2) is 0 Å². The van der Waals surface area contributed by atoms with Crippen LogP contribution >= 0.6 is 11.8 Å². The first-order valence-corrected chi connectivity index (χ1v) is 7.77. The summed E-state index contributed by atoms with van der Waals surface area (Å²) < 4.78 is 5.81. The number of benzene rings is 1. The molecule has 3 heteroatoms. The highest BCUT2D eigenvalue weighted by Gasteiger charge is 2.29. The molecular weight excluding hydrogens is 242 g/mol. The Bertz CT molecular complexity index is 381. The molecule has 1 aliphatic rings. The molecule has 1 aromatic rings. The minimum Gasteiger partial charge on any atom is -0.377 e. The van der Waals surface area contributed by atoms with E-state index in [2.05, 4.69) is 50.4 Å². The minimum absolute atomic E-state index is 0.301. The van der Waals surface area contributed by atoms with Crippen molar-refractivity contribution in [1.29, 1.82) is 0 Å². The molecule has 18 heavy (non-hydrogen) atoms. The van der Waals surface area contributed by atoms with Crippen LogP contribution in [0.4, 0.5) is 0 Å². The molecule has 1 N–H and O–H groups in total. The first-order chi connectivity index (χ1) is 8.72. The smallest absolute Gasteiger partial charge is 0.0629 e. The average molecular weight is 265 g/mol. The van der Waals surface area contributed by atoms with E-state index in [9.17, 15) is 0 Å². The van der Waals surface area contributed by atoms with Crippen LogP contribution in [-0.4, -0.2) is 31.1 Å². The summed E-state index contributed by atoms with van der Waals surface area (Å²) in [4.78, 5) is 1.44. The summed E-state index contributed by atoms with van der Waals surface area (Å²) in [7, 11) is 0. The fourth-order valence-electron chi connectivity index (χ4n) is 2.40. The Balaban J connectivity index is 2.07. The van der Waals surface area contributed by atoms with Gasteiger partial charge in [0, 0.05) is 22.6 Å². The first-order valence-electron chi connectivity index (χ1n) is 6.79. The van der Waals surface area contributed by atoms with E-state index in [-0.39, 0.29) is 0 Å². The number of fused-ring (bicyclic) bond motifs is 1. The summed E-state index contributed by atoms with van der Waals surface area (Å²) in [5.41, 5.74) is 1.49. The Labute approximate surface area is 114 Å². The highest BCUT2D eigenvalue weighted by atomic mass is 32.2. The van der Waals surface area contributed by atoms with Gasteiger partial charge >= 0.3 is 0 Å². The van der Waals surface area contributed by atoms with E-state index < -0.39 is 0 Å². The molecular formula is C15H23NOS. The van der Waals surface area contributed by atoms with Crippen molar-refractivity contribution in [2.75, 3.05) is 18.9 Å². The first kappa shape index (κ1) is 13.9. The minimum atomic E-state index is 0.301. The lowest BCUT2D eigenvalue weighted by Crippen LogP contribution is -2.39. The fraction of sp³-hybridized carbons (Fsp3) is 0.600. The maximum atomic E-state index is 5.81. The topological polar surface area (TPSA) is 21.3 Å². The van der Waals surface area contributed by atoms with Gasteiger partial charge in [-0.05, 0) is 32.0 Å². The standard InChI is InChI=1S/C15H23NOS/c1-4-16-14(9-17-11(2)3)13-10-18-15-8-6-5-7-12(13)15/h5-8,11,13-14,16H,4,9-10H2,1-3H3. The summed E-state index contributed by atoms with van der Waals surface area (Å²) >= 11 is 1.97. The van der Waals surface area contributed by atoms with Gasteiger partial charge in [-0.2, -0.15) is 0 Å². The largest absolute Gasteiger partial charge is 0.377 e. The quantitative estimate of drug-likeness (QED) is 0.853. The summed E-state index contributed by atoms with van der Waals surface area (Å²) in [5.74, 6) is 1.74. The molecule has 1 heterocycles. The summed E-state index contributed by atoms with van der Waals surface area (Å²) in [6.07, 6.45) is 0.301. The molecule has 0 fully saturated rings. The van der Waals surface area contributed by atoms with Crippen LogP contribution in [0.15, 0.2) is 29.2 Å². The van der Waals surface area contributed by atoms with Crippen LogP contribution in [-0.2, 0) is 4.74 Å². The second kappa shape index (κ2) is 6.60. The maximum Gasteiger partial charge on any atom is 0.0629 e. The van der Waals surface area contributed by atoms with Crippen LogP contribution < -0.4 is 5.32 Å². The molecule has 0 bridgehead atoms. The number of thioether (sulfide) groups is 1. The van der Waals surface area contributed by atoms with Crippen molar-refractivity contribution in [1.82, 2.24) is 5.32 Å². The lowest BCUT2D eigenvalue weighted by Gasteiger charge is -2.25. The van der Waals surface area contributed by atoms with E-state index in [0.29, 0.717) is 18.1 Å². The van der Waals surface area contributed by atoms with Crippen molar-refractivity contribution >= 4 is 11.8 Å². The Morgan fingerprint density at radius 3 is 2.89 bits per heavy atom. The third kappa shape index (κ3) is 3.28. The van der Waals surface area contributed by atoms with Gasteiger partial charge < -0.3 is 10.1 Å². The highest BCUT2D eigenvalue weighted by molar-refractivity contribution is 7.99. The molecule has 2 nitrogen and oxygen atoms in total. The van der Waals surface area contributed by atoms with Crippen LogP contribution in [0.1, 0.15) is 32.3 Å². The van der Waals surface area contributed by atoms with Crippen LogP contribution in [0, 0.1) is 0 Å². The molecule has 1 aromatic carbocycles. The number of ether oxygens (including phenoxy) is 1. The van der Waals surface area contributed by atoms with E-state index in [4.69, 9.17) is 4.74 Å². The number of likely N-dealkylation sites (N-methyl/N-ethyl adjacent to an activating group) is 1. The van der Waals surface area contributed by atoms with Gasteiger partial charge in [-0.15, -0.1) is 11.8 Å². The summed E-state index contributed by atoms with van der Waals surface area (Å²) in [6.45, 7) is 8.15. The number of rotatable bonds is 6. The Hall–Kier alpha value is -0.510. The predicted molar refractivity (Wildman–Crippen MR) is 78.5 cm³/mol. The molecule has 0 amide bonds. The van der Waals surface area contributed by atoms with Crippen LogP contribution in [0.2, 0.25) is 0 Å². The molecule has 2 rings (SSSR count). The van der Waals surface area contributed by atoms with Crippen molar-refractivity contribution in [3.05, 3.63) is 29.8 Å².